The van der Waals surface area contributed by atoms with E-state index in [9.17, 15) is 4.79 Å². The lowest BCUT2D eigenvalue weighted by atomic mass is 10.3. The zero-order chi connectivity index (χ0) is 9.84. The number of hydrogen-bond acceptors (Lipinski definition) is 2. The third-order valence-electron chi connectivity index (χ3n) is 1.56. The van der Waals surface area contributed by atoms with E-state index in [1.54, 1.807) is 4.57 Å². The maximum absolute atomic E-state index is 11.4. The lowest BCUT2D eigenvalue weighted by Gasteiger charge is -2.00. The zero-order valence-corrected chi connectivity index (χ0v) is 9.21. The van der Waals surface area contributed by atoms with Crippen LogP contribution < -0.4 is 5.56 Å². The molecule has 0 aliphatic heterocycles. The van der Waals surface area contributed by atoms with Crippen LogP contribution in [-0.2, 0) is 6.54 Å². The van der Waals surface area contributed by atoms with Crippen LogP contribution in [0.15, 0.2) is 33.4 Å². The van der Waals surface area contributed by atoms with E-state index in [1.165, 1.54) is 18.1 Å². The van der Waals surface area contributed by atoms with Crippen LogP contribution in [0.25, 0.3) is 0 Å². The summed E-state index contributed by atoms with van der Waals surface area (Å²) in [6, 6.07) is 0. The van der Waals surface area contributed by atoms with Crippen LogP contribution in [0, 0.1) is 0 Å². The first-order valence-electron chi connectivity index (χ1n) is 3.94. The average Bonchev–Trinajstić information content (AvgIpc) is 2.07. The van der Waals surface area contributed by atoms with E-state index in [1.807, 2.05) is 19.9 Å². The molecule has 3 nitrogen and oxygen atoms in total. The van der Waals surface area contributed by atoms with Gasteiger partial charge in [0.2, 0.25) is 0 Å². The first kappa shape index (κ1) is 10.2. The number of hydrogen-bond donors (Lipinski definition) is 0. The van der Waals surface area contributed by atoms with Gasteiger partial charge in [0.1, 0.15) is 4.47 Å². The van der Waals surface area contributed by atoms with E-state index < -0.39 is 0 Å². The lowest BCUT2D eigenvalue weighted by Crippen LogP contribution is -2.19. The highest BCUT2D eigenvalue weighted by Gasteiger charge is 1.97. The van der Waals surface area contributed by atoms with Crippen molar-refractivity contribution < 1.29 is 0 Å². The number of rotatable bonds is 2. The molecule has 0 radical (unpaired) electrons. The summed E-state index contributed by atoms with van der Waals surface area (Å²) in [5.74, 6) is 0. The van der Waals surface area contributed by atoms with Gasteiger partial charge in [0.15, 0.2) is 0 Å². The second-order valence-corrected chi connectivity index (χ2v) is 3.83. The van der Waals surface area contributed by atoms with Crippen LogP contribution in [0.4, 0.5) is 0 Å². The molecule has 0 aliphatic carbocycles. The Hall–Kier alpha value is -0.900. The maximum atomic E-state index is 11.4. The quantitative estimate of drug-likeness (QED) is 0.744. The molecule has 0 saturated heterocycles. The highest BCUT2D eigenvalue weighted by molar-refractivity contribution is 9.10. The summed E-state index contributed by atoms with van der Waals surface area (Å²) in [5, 5.41) is 0. The van der Waals surface area contributed by atoms with Crippen molar-refractivity contribution in [3.05, 3.63) is 39.0 Å². The normalized spacial score (nSPS) is 9.77. The molecule has 1 heterocycles. The van der Waals surface area contributed by atoms with Gasteiger partial charge in [0, 0.05) is 12.7 Å². The number of nitrogens with zero attached hydrogens (tertiary/aromatic N) is 2. The van der Waals surface area contributed by atoms with E-state index in [0.717, 1.165) is 0 Å². The summed E-state index contributed by atoms with van der Waals surface area (Å²) < 4.78 is 2.05. The zero-order valence-electron chi connectivity index (χ0n) is 7.62. The summed E-state index contributed by atoms with van der Waals surface area (Å²) in [7, 11) is 0. The first-order valence-corrected chi connectivity index (χ1v) is 4.74. The highest BCUT2D eigenvalue weighted by Crippen LogP contribution is 1.98. The summed E-state index contributed by atoms with van der Waals surface area (Å²) in [5.41, 5.74) is 1.14. The fourth-order valence-electron chi connectivity index (χ4n) is 0.835. The monoisotopic (exact) mass is 242 g/mol. The first-order chi connectivity index (χ1) is 6.11. The molecule has 0 saturated carbocycles. The molecule has 0 spiro atoms. The van der Waals surface area contributed by atoms with Crippen LogP contribution in [0.1, 0.15) is 13.8 Å². The van der Waals surface area contributed by atoms with Crippen LogP contribution in [0.3, 0.4) is 0 Å². The van der Waals surface area contributed by atoms with Gasteiger partial charge in [-0.2, -0.15) is 0 Å². The molecule has 13 heavy (non-hydrogen) atoms. The predicted molar refractivity (Wildman–Crippen MR) is 55.6 cm³/mol. The second-order valence-electron chi connectivity index (χ2n) is 2.98. The molecule has 0 atom stereocenters. The fraction of sp³-hybridized carbons (Fsp3) is 0.333. The van der Waals surface area contributed by atoms with Crippen LogP contribution >= 0.6 is 15.9 Å². The molecule has 0 aromatic carbocycles. The van der Waals surface area contributed by atoms with Crippen molar-refractivity contribution in [2.45, 2.75) is 20.4 Å². The second kappa shape index (κ2) is 4.37. The van der Waals surface area contributed by atoms with Crippen LogP contribution in [0.5, 0.6) is 0 Å². The fourth-order valence-corrected chi connectivity index (χ4v) is 1.18. The van der Waals surface area contributed by atoms with E-state index in [2.05, 4.69) is 20.9 Å². The lowest BCUT2D eigenvalue weighted by molar-refractivity contribution is 0.744. The van der Waals surface area contributed by atoms with Crippen molar-refractivity contribution in [3.8, 4) is 0 Å². The average molecular weight is 243 g/mol. The van der Waals surface area contributed by atoms with Crippen molar-refractivity contribution in [2.75, 3.05) is 0 Å². The summed E-state index contributed by atoms with van der Waals surface area (Å²) in [6.45, 7) is 4.57. The third kappa shape index (κ3) is 2.81. The molecule has 0 amide bonds. The van der Waals surface area contributed by atoms with Gasteiger partial charge in [-0.3, -0.25) is 9.36 Å². The largest absolute Gasteiger partial charge is 0.294 e. The number of allylic oxidation sites excluding steroid dienone is 2. The predicted octanol–water partition coefficient (Wildman–Crippen LogP) is 1.97. The minimum Gasteiger partial charge on any atom is -0.294 e. The molecule has 0 bridgehead atoms. The summed E-state index contributed by atoms with van der Waals surface area (Å²) >= 11 is 3.14. The molecule has 0 aliphatic rings. The smallest absolute Gasteiger partial charge is 0.267 e. The van der Waals surface area contributed by atoms with Crippen molar-refractivity contribution in [1.82, 2.24) is 9.55 Å². The van der Waals surface area contributed by atoms with Crippen molar-refractivity contribution in [3.63, 3.8) is 0 Å². The van der Waals surface area contributed by atoms with Crippen LogP contribution in [-0.4, -0.2) is 9.55 Å². The Morgan fingerprint density at radius 1 is 1.69 bits per heavy atom. The molecule has 0 unspecified atom stereocenters. The van der Waals surface area contributed by atoms with Gasteiger partial charge < -0.3 is 0 Å². The number of halogens is 1. The van der Waals surface area contributed by atoms with Gasteiger partial charge in [0.05, 0.1) is 6.33 Å². The Morgan fingerprint density at radius 2 is 2.38 bits per heavy atom. The standard InChI is InChI=1S/C9H11BrN2O/c1-7(2)3-4-12-6-11-5-8(10)9(12)13/h3,5-6H,4H2,1-2H3. The van der Waals surface area contributed by atoms with Gasteiger partial charge in [-0.1, -0.05) is 11.6 Å². The van der Waals surface area contributed by atoms with Crippen molar-refractivity contribution in [2.24, 2.45) is 0 Å². The Balaban J connectivity index is 2.97. The van der Waals surface area contributed by atoms with Crippen LogP contribution in [0.2, 0.25) is 0 Å². The van der Waals surface area contributed by atoms with Crippen molar-refractivity contribution in [1.29, 1.82) is 0 Å². The molecular weight excluding hydrogens is 232 g/mol. The van der Waals surface area contributed by atoms with E-state index in [-0.39, 0.29) is 5.56 Å². The minimum atomic E-state index is -0.0486. The molecule has 0 N–H and O–H groups in total. The van der Waals surface area contributed by atoms with Gasteiger partial charge >= 0.3 is 0 Å². The Morgan fingerprint density at radius 3 is 3.00 bits per heavy atom. The van der Waals surface area contributed by atoms with Gasteiger partial charge in [0.25, 0.3) is 5.56 Å². The molecule has 1 aromatic rings. The third-order valence-corrected chi connectivity index (χ3v) is 2.10. The Labute approximate surface area is 85.2 Å². The van der Waals surface area contributed by atoms with Gasteiger partial charge in [-0.25, -0.2) is 4.98 Å². The Bertz CT molecular complexity index is 377. The maximum Gasteiger partial charge on any atom is 0.267 e. The highest BCUT2D eigenvalue weighted by atomic mass is 79.9. The molecule has 4 heteroatoms. The number of aromatic nitrogens is 2. The van der Waals surface area contributed by atoms with Crippen molar-refractivity contribution >= 4 is 15.9 Å². The SMILES string of the molecule is CC(C)=CCn1cncc(Br)c1=O. The van der Waals surface area contributed by atoms with E-state index >= 15 is 0 Å². The van der Waals surface area contributed by atoms with Gasteiger partial charge in [-0.15, -0.1) is 0 Å². The van der Waals surface area contributed by atoms with E-state index in [0.29, 0.717) is 11.0 Å². The molecular formula is C9H11BrN2O. The Kier molecular flexibility index (Phi) is 3.42. The topological polar surface area (TPSA) is 34.9 Å². The minimum absolute atomic E-state index is 0.0486. The molecule has 1 aromatic heterocycles. The van der Waals surface area contributed by atoms with Gasteiger partial charge in [-0.05, 0) is 29.8 Å². The summed E-state index contributed by atoms with van der Waals surface area (Å²) in [6.07, 6.45) is 5.02. The summed E-state index contributed by atoms with van der Waals surface area (Å²) in [4.78, 5) is 15.3. The van der Waals surface area contributed by atoms with E-state index in [4.69, 9.17) is 0 Å². The molecule has 70 valence electrons. The molecule has 1 rings (SSSR count). The molecule has 0 fully saturated rings.